The first kappa shape index (κ1) is 16.0. The molecular formula is C24H14ClNO. The van der Waals surface area contributed by atoms with Gasteiger partial charge < -0.3 is 0 Å². The molecule has 0 fully saturated rings. The standard InChI is InChI=1S/C24H14ClNO/c25-20-13-7-6-12-18(20)21-14-19(15-8-2-1-3-9-15)22-23(26-21)16-10-4-5-11-17(16)24(22)27/h1-14H. The normalized spacial score (nSPS) is 12.0. The number of hydrogen-bond donors (Lipinski definition) is 0. The summed E-state index contributed by atoms with van der Waals surface area (Å²) < 4.78 is 0. The maximum Gasteiger partial charge on any atom is 0.196 e. The van der Waals surface area contributed by atoms with Gasteiger partial charge >= 0.3 is 0 Å². The largest absolute Gasteiger partial charge is 0.288 e. The van der Waals surface area contributed by atoms with Crippen molar-refractivity contribution >= 4 is 17.4 Å². The van der Waals surface area contributed by atoms with E-state index in [-0.39, 0.29) is 5.78 Å². The summed E-state index contributed by atoms with van der Waals surface area (Å²) >= 11 is 6.43. The molecule has 0 unspecified atom stereocenters. The molecule has 3 heteroatoms. The Bertz CT molecular complexity index is 1200. The molecule has 0 aliphatic heterocycles. The number of ketones is 1. The average molecular weight is 368 g/mol. The topological polar surface area (TPSA) is 30.0 Å². The van der Waals surface area contributed by atoms with Crippen LogP contribution in [0, 0.1) is 0 Å². The highest BCUT2D eigenvalue weighted by Gasteiger charge is 2.31. The van der Waals surface area contributed by atoms with Crippen molar-refractivity contribution < 1.29 is 4.79 Å². The first-order valence-electron chi connectivity index (χ1n) is 8.73. The third-order valence-corrected chi connectivity index (χ3v) is 5.24. The molecule has 0 N–H and O–H groups in total. The van der Waals surface area contributed by atoms with Gasteiger partial charge in [0.1, 0.15) is 0 Å². The van der Waals surface area contributed by atoms with Gasteiger partial charge in [-0.1, -0.05) is 84.4 Å². The molecule has 1 aromatic heterocycles. The van der Waals surface area contributed by atoms with E-state index in [2.05, 4.69) is 0 Å². The lowest BCUT2D eigenvalue weighted by molar-refractivity contribution is 0.104. The summed E-state index contributed by atoms with van der Waals surface area (Å²) in [6.45, 7) is 0. The molecule has 0 spiro atoms. The number of rotatable bonds is 2. The fourth-order valence-corrected chi connectivity index (χ4v) is 3.88. The predicted molar refractivity (Wildman–Crippen MR) is 109 cm³/mol. The van der Waals surface area contributed by atoms with Crippen LogP contribution in [0.2, 0.25) is 5.02 Å². The van der Waals surface area contributed by atoms with Gasteiger partial charge in [0.25, 0.3) is 0 Å². The molecule has 128 valence electrons. The summed E-state index contributed by atoms with van der Waals surface area (Å²) in [7, 11) is 0. The second-order valence-corrected chi connectivity index (χ2v) is 6.91. The van der Waals surface area contributed by atoms with Crippen LogP contribution in [0.1, 0.15) is 15.9 Å². The van der Waals surface area contributed by atoms with Crippen molar-refractivity contribution in [3.8, 4) is 33.6 Å². The fraction of sp³-hybridized carbons (Fsp3) is 0. The predicted octanol–water partition coefficient (Wildman–Crippen LogP) is 6.28. The van der Waals surface area contributed by atoms with Crippen molar-refractivity contribution in [2.24, 2.45) is 0 Å². The highest BCUT2D eigenvalue weighted by Crippen LogP contribution is 2.42. The molecule has 1 heterocycles. The number of halogens is 1. The number of aromatic nitrogens is 1. The molecule has 2 nitrogen and oxygen atoms in total. The van der Waals surface area contributed by atoms with Crippen LogP contribution in [0.15, 0.2) is 84.9 Å². The minimum atomic E-state index is 0.0256. The van der Waals surface area contributed by atoms with Crippen molar-refractivity contribution in [1.29, 1.82) is 0 Å². The molecule has 0 amide bonds. The van der Waals surface area contributed by atoms with E-state index in [1.165, 1.54) is 0 Å². The number of nitrogens with zero attached hydrogens (tertiary/aromatic N) is 1. The third-order valence-electron chi connectivity index (χ3n) is 4.91. The molecule has 0 radical (unpaired) electrons. The van der Waals surface area contributed by atoms with E-state index in [1.807, 2.05) is 84.9 Å². The molecule has 4 aromatic rings. The van der Waals surface area contributed by atoms with E-state index in [0.717, 1.165) is 33.6 Å². The monoisotopic (exact) mass is 367 g/mol. The van der Waals surface area contributed by atoms with Crippen LogP contribution >= 0.6 is 11.6 Å². The molecule has 1 aliphatic carbocycles. The first-order valence-corrected chi connectivity index (χ1v) is 9.11. The average Bonchev–Trinajstić information content (AvgIpc) is 3.01. The third kappa shape index (κ3) is 2.49. The van der Waals surface area contributed by atoms with Crippen molar-refractivity contribution in [3.63, 3.8) is 0 Å². The Kier molecular flexibility index (Phi) is 3.66. The van der Waals surface area contributed by atoms with Crippen molar-refractivity contribution in [2.75, 3.05) is 0 Å². The van der Waals surface area contributed by atoms with Crippen LogP contribution in [-0.4, -0.2) is 10.8 Å². The van der Waals surface area contributed by atoms with E-state index in [4.69, 9.17) is 16.6 Å². The second kappa shape index (κ2) is 6.19. The zero-order valence-electron chi connectivity index (χ0n) is 14.3. The molecule has 0 bridgehead atoms. The van der Waals surface area contributed by atoms with Crippen LogP contribution in [-0.2, 0) is 0 Å². The van der Waals surface area contributed by atoms with Gasteiger partial charge in [0.2, 0.25) is 0 Å². The second-order valence-electron chi connectivity index (χ2n) is 6.50. The minimum absolute atomic E-state index is 0.0256. The summed E-state index contributed by atoms with van der Waals surface area (Å²) in [6, 6.07) is 27.2. The van der Waals surface area contributed by atoms with Gasteiger partial charge in [-0.2, -0.15) is 0 Å². The number of hydrogen-bond acceptors (Lipinski definition) is 2. The van der Waals surface area contributed by atoms with Gasteiger partial charge in [-0.05, 0) is 23.3 Å². The maximum atomic E-state index is 13.1. The van der Waals surface area contributed by atoms with Crippen molar-refractivity contribution in [1.82, 2.24) is 4.98 Å². The Balaban J connectivity index is 1.86. The lowest BCUT2D eigenvalue weighted by Crippen LogP contribution is -2.00. The number of benzene rings is 3. The van der Waals surface area contributed by atoms with Crippen molar-refractivity contribution in [2.45, 2.75) is 0 Å². The van der Waals surface area contributed by atoms with Gasteiger partial charge in [-0.15, -0.1) is 0 Å². The van der Waals surface area contributed by atoms with Gasteiger partial charge in [0, 0.05) is 21.7 Å². The summed E-state index contributed by atoms with van der Waals surface area (Å²) in [4.78, 5) is 18.0. The maximum absolute atomic E-state index is 13.1. The summed E-state index contributed by atoms with van der Waals surface area (Å²) in [6.07, 6.45) is 0. The van der Waals surface area contributed by atoms with E-state index in [1.54, 1.807) is 0 Å². The molecule has 5 rings (SSSR count). The number of carbonyl (C=O) groups excluding carboxylic acids is 1. The Labute approximate surface area is 162 Å². The Morgan fingerprint density at radius 1 is 0.667 bits per heavy atom. The lowest BCUT2D eigenvalue weighted by atomic mass is 9.96. The highest BCUT2D eigenvalue weighted by atomic mass is 35.5. The Morgan fingerprint density at radius 3 is 2.04 bits per heavy atom. The van der Waals surface area contributed by atoms with Gasteiger partial charge in [-0.25, -0.2) is 4.98 Å². The van der Waals surface area contributed by atoms with Crippen LogP contribution in [0.25, 0.3) is 33.6 Å². The number of fused-ring (bicyclic) bond motifs is 3. The van der Waals surface area contributed by atoms with Crippen LogP contribution in [0.3, 0.4) is 0 Å². The summed E-state index contributed by atoms with van der Waals surface area (Å²) in [5.74, 6) is 0.0256. The first-order chi connectivity index (χ1) is 13.2. The van der Waals surface area contributed by atoms with Gasteiger partial charge in [0.05, 0.1) is 17.0 Å². The Hall–Kier alpha value is -3.23. The summed E-state index contributed by atoms with van der Waals surface area (Å²) in [5, 5.41) is 0.640. The van der Waals surface area contributed by atoms with E-state index in [9.17, 15) is 4.79 Å². The molecule has 0 saturated carbocycles. The summed E-state index contributed by atoms with van der Waals surface area (Å²) in [5.41, 5.74) is 6.48. The SMILES string of the molecule is O=C1c2ccccc2-c2nc(-c3ccccc3Cl)cc(-c3ccccc3)c21. The molecule has 1 aliphatic rings. The van der Waals surface area contributed by atoms with Gasteiger partial charge in [-0.3, -0.25) is 4.79 Å². The van der Waals surface area contributed by atoms with Crippen molar-refractivity contribution in [3.05, 3.63) is 101 Å². The fourth-order valence-electron chi connectivity index (χ4n) is 3.64. The Morgan fingerprint density at radius 2 is 1.30 bits per heavy atom. The zero-order chi connectivity index (χ0) is 18.4. The molecule has 27 heavy (non-hydrogen) atoms. The van der Waals surface area contributed by atoms with E-state index < -0.39 is 0 Å². The molecule has 0 saturated heterocycles. The van der Waals surface area contributed by atoms with Crippen LogP contribution < -0.4 is 0 Å². The lowest BCUT2D eigenvalue weighted by Gasteiger charge is -2.12. The van der Waals surface area contributed by atoms with Crippen LogP contribution in [0.4, 0.5) is 0 Å². The highest BCUT2D eigenvalue weighted by molar-refractivity contribution is 6.33. The molecular weight excluding hydrogens is 354 g/mol. The molecule has 3 aromatic carbocycles. The van der Waals surface area contributed by atoms with Gasteiger partial charge in [0.15, 0.2) is 5.78 Å². The van der Waals surface area contributed by atoms with E-state index in [0.29, 0.717) is 16.1 Å². The number of carbonyl (C=O) groups is 1. The zero-order valence-corrected chi connectivity index (χ0v) is 15.1. The van der Waals surface area contributed by atoms with Crippen LogP contribution in [0.5, 0.6) is 0 Å². The quantitative estimate of drug-likeness (QED) is 0.367. The minimum Gasteiger partial charge on any atom is -0.288 e. The molecule has 0 atom stereocenters. The smallest absolute Gasteiger partial charge is 0.196 e. The number of pyridine rings is 1. The van der Waals surface area contributed by atoms with E-state index >= 15 is 0 Å².